The largest absolute Gasteiger partial charge is 0.482 e. The number of benzene rings is 1. The first-order valence-electron chi connectivity index (χ1n) is 6.07. The molecule has 21 heavy (non-hydrogen) atoms. The van der Waals surface area contributed by atoms with E-state index in [1.165, 1.54) is 0 Å². The number of aromatic nitrogens is 1. The third-order valence-corrected chi connectivity index (χ3v) is 3.17. The molecule has 0 saturated heterocycles. The van der Waals surface area contributed by atoms with E-state index >= 15 is 0 Å². The Balaban J connectivity index is 1.84. The number of carbonyl (C=O) groups is 1. The summed E-state index contributed by atoms with van der Waals surface area (Å²) >= 11 is 11.7. The van der Waals surface area contributed by atoms with Crippen molar-refractivity contribution in [1.82, 2.24) is 9.99 Å². The Morgan fingerprint density at radius 3 is 2.95 bits per heavy atom. The van der Waals surface area contributed by atoms with Crippen LogP contribution in [0.25, 0.3) is 0 Å². The van der Waals surface area contributed by atoms with E-state index in [-0.39, 0.29) is 6.61 Å². The van der Waals surface area contributed by atoms with Crippen LogP contribution in [0, 0.1) is 0 Å². The van der Waals surface area contributed by atoms with Gasteiger partial charge in [-0.05, 0) is 24.3 Å². The monoisotopic (exact) mass is 325 g/mol. The topological polar surface area (TPSA) is 55.6 Å². The number of hydrogen-bond acceptors (Lipinski definition) is 3. The number of amides is 1. The fourth-order valence-electron chi connectivity index (χ4n) is 1.54. The smallest absolute Gasteiger partial charge is 0.277 e. The normalized spacial score (nSPS) is 10.8. The van der Waals surface area contributed by atoms with E-state index in [0.29, 0.717) is 15.8 Å². The van der Waals surface area contributed by atoms with Crippen LogP contribution >= 0.6 is 23.2 Å². The van der Waals surface area contributed by atoms with Crippen LogP contribution in [-0.4, -0.2) is 23.3 Å². The van der Waals surface area contributed by atoms with E-state index in [0.717, 1.165) is 5.69 Å². The third kappa shape index (κ3) is 4.51. The third-order valence-electron chi connectivity index (χ3n) is 2.62. The van der Waals surface area contributed by atoms with Crippen LogP contribution in [0.3, 0.4) is 0 Å². The molecule has 7 heteroatoms. The second-order valence-corrected chi connectivity index (χ2v) is 5.04. The number of halogens is 2. The molecule has 1 aromatic carbocycles. The van der Waals surface area contributed by atoms with Crippen molar-refractivity contribution in [1.29, 1.82) is 0 Å². The lowest BCUT2D eigenvalue weighted by molar-refractivity contribution is -0.123. The molecule has 0 spiro atoms. The number of hydrogen-bond donors (Lipinski definition) is 1. The highest BCUT2D eigenvalue weighted by atomic mass is 35.5. The number of aryl methyl sites for hydroxylation is 1. The molecular weight excluding hydrogens is 313 g/mol. The molecule has 0 atom stereocenters. The summed E-state index contributed by atoms with van der Waals surface area (Å²) in [4.78, 5) is 11.6. The van der Waals surface area contributed by atoms with Gasteiger partial charge in [0.25, 0.3) is 5.91 Å². The summed E-state index contributed by atoms with van der Waals surface area (Å²) in [5.74, 6) is -0.0396. The molecule has 0 unspecified atom stereocenters. The molecule has 0 aliphatic heterocycles. The molecule has 1 heterocycles. The number of nitrogens with zero attached hydrogens (tertiary/aromatic N) is 2. The highest BCUT2D eigenvalue weighted by molar-refractivity contribution is 6.34. The zero-order valence-electron chi connectivity index (χ0n) is 11.2. The van der Waals surface area contributed by atoms with Crippen molar-refractivity contribution >= 4 is 35.3 Å². The maximum atomic E-state index is 11.6. The fourth-order valence-corrected chi connectivity index (χ4v) is 1.88. The van der Waals surface area contributed by atoms with Crippen molar-refractivity contribution in [2.75, 3.05) is 6.61 Å². The van der Waals surface area contributed by atoms with Crippen LogP contribution in [-0.2, 0) is 11.8 Å². The summed E-state index contributed by atoms with van der Waals surface area (Å²) in [7, 11) is 1.88. The Labute approximate surface area is 132 Å². The van der Waals surface area contributed by atoms with Gasteiger partial charge in [-0.1, -0.05) is 23.2 Å². The van der Waals surface area contributed by atoms with Gasteiger partial charge in [0, 0.05) is 24.3 Å². The first-order valence-corrected chi connectivity index (χ1v) is 6.83. The van der Waals surface area contributed by atoms with Crippen molar-refractivity contribution in [3.63, 3.8) is 0 Å². The zero-order valence-corrected chi connectivity index (χ0v) is 12.7. The average molecular weight is 326 g/mol. The van der Waals surface area contributed by atoms with Gasteiger partial charge in [-0.3, -0.25) is 4.79 Å². The van der Waals surface area contributed by atoms with Crippen molar-refractivity contribution in [3.8, 4) is 5.75 Å². The molecule has 0 saturated carbocycles. The minimum Gasteiger partial charge on any atom is -0.482 e. The maximum absolute atomic E-state index is 11.6. The Morgan fingerprint density at radius 2 is 2.24 bits per heavy atom. The van der Waals surface area contributed by atoms with Crippen molar-refractivity contribution in [2.45, 2.75) is 0 Å². The second-order valence-electron chi connectivity index (χ2n) is 4.20. The predicted molar refractivity (Wildman–Crippen MR) is 83.1 cm³/mol. The molecule has 0 radical (unpaired) electrons. The summed E-state index contributed by atoms with van der Waals surface area (Å²) in [6, 6.07) is 8.54. The quantitative estimate of drug-likeness (QED) is 0.678. The van der Waals surface area contributed by atoms with E-state index < -0.39 is 5.91 Å². The fraction of sp³-hybridized carbons (Fsp3) is 0.143. The highest BCUT2D eigenvalue weighted by Gasteiger charge is 2.06. The van der Waals surface area contributed by atoms with E-state index in [1.807, 2.05) is 29.9 Å². The molecule has 0 aliphatic rings. The van der Waals surface area contributed by atoms with Gasteiger partial charge in [-0.2, -0.15) is 5.10 Å². The molecule has 2 rings (SSSR count). The minimum absolute atomic E-state index is 0.204. The molecule has 1 amide bonds. The van der Waals surface area contributed by atoms with Crippen LogP contribution in [0.1, 0.15) is 5.69 Å². The number of nitrogens with one attached hydrogen (secondary N) is 1. The number of carbonyl (C=O) groups excluding carboxylic acids is 1. The molecule has 0 fully saturated rings. The van der Waals surface area contributed by atoms with E-state index in [9.17, 15) is 4.79 Å². The van der Waals surface area contributed by atoms with Gasteiger partial charge < -0.3 is 9.30 Å². The van der Waals surface area contributed by atoms with Crippen molar-refractivity contribution < 1.29 is 9.53 Å². The first kappa shape index (κ1) is 15.4. The lowest BCUT2D eigenvalue weighted by Crippen LogP contribution is -2.24. The van der Waals surface area contributed by atoms with Crippen molar-refractivity contribution in [3.05, 3.63) is 52.3 Å². The summed E-state index contributed by atoms with van der Waals surface area (Å²) < 4.78 is 7.16. The van der Waals surface area contributed by atoms with Gasteiger partial charge in [0.05, 0.1) is 16.9 Å². The van der Waals surface area contributed by atoms with Crippen LogP contribution in [0.5, 0.6) is 5.75 Å². The van der Waals surface area contributed by atoms with Crippen LogP contribution < -0.4 is 10.2 Å². The van der Waals surface area contributed by atoms with Gasteiger partial charge in [-0.15, -0.1) is 0 Å². The predicted octanol–water partition coefficient (Wildman–Crippen LogP) is 2.86. The van der Waals surface area contributed by atoms with E-state index in [1.54, 1.807) is 24.4 Å². The molecule has 110 valence electrons. The standard InChI is InChI=1S/C14H13Cl2N3O2/c1-19-6-2-3-11(19)8-17-18-14(20)9-21-13-7-10(15)4-5-12(13)16/h2-8H,9H2,1H3,(H,18,20). The van der Waals surface area contributed by atoms with Crippen LogP contribution in [0.15, 0.2) is 41.6 Å². The molecule has 1 aromatic heterocycles. The van der Waals surface area contributed by atoms with E-state index in [4.69, 9.17) is 27.9 Å². The summed E-state index contributed by atoms with van der Waals surface area (Å²) in [5, 5.41) is 4.71. The molecule has 2 aromatic rings. The molecule has 0 bridgehead atoms. The number of rotatable bonds is 5. The lowest BCUT2D eigenvalue weighted by Gasteiger charge is -2.07. The molecule has 5 nitrogen and oxygen atoms in total. The number of ether oxygens (including phenoxy) is 1. The summed E-state index contributed by atoms with van der Waals surface area (Å²) in [5.41, 5.74) is 3.24. The van der Waals surface area contributed by atoms with Crippen LogP contribution in [0.4, 0.5) is 0 Å². The maximum Gasteiger partial charge on any atom is 0.277 e. The molecule has 1 N–H and O–H groups in total. The summed E-state index contributed by atoms with van der Waals surface area (Å²) in [6.07, 6.45) is 3.43. The molecular formula is C14H13Cl2N3O2. The molecule has 0 aliphatic carbocycles. The Morgan fingerprint density at radius 1 is 1.43 bits per heavy atom. The Bertz CT molecular complexity index is 668. The van der Waals surface area contributed by atoms with Gasteiger partial charge in [0.1, 0.15) is 5.75 Å². The second kappa shape index (κ2) is 7.15. The van der Waals surface area contributed by atoms with Gasteiger partial charge in [0.15, 0.2) is 6.61 Å². The minimum atomic E-state index is -0.392. The van der Waals surface area contributed by atoms with Gasteiger partial charge in [0.2, 0.25) is 0 Å². The highest BCUT2D eigenvalue weighted by Crippen LogP contribution is 2.27. The van der Waals surface area contributed by atoms with Crippen LogP contribution in [0.2, 0.25) is 10.0 Å². The lowest BCUT2D eigenvalue weighted by atomic mass is 10.3. The average Bonchev–Trinajstić information content (AvgIpc) is 2.85. The van der Waals surface area contributed by atoms with Gasteiger partial charge in [-0.25, -0.2) is 5.43 Å². The first-order chi connectivity index (χ1) is 10.1. The van der Waals surface area contributed by atoms with E-state index in [2.05, 4.69) is 10.5 Å². The zero-order chi connectivity index (χ0) is 15.2. The van der Waals surface area contributed by atoms with Crippen molar-refractivity contribution in [2.24, 2.45) is 12.1 Å². The van der Waals surface area contributed by atoms with Gasteiger partial charge >= 0.3 is 0 Å². The Kier molecular flexibility index (Phi) is 5.25. The summed E-state index contributed by atoms with van der Waals surface area (Å²) in [6.45, 7) is -0.204. The Hall–Kier alpha value is -1.98. The SMILES string of the molecule is Cn1cccc1C=NNC(=O)COc1cc(Cl)ccc1Cl. The number of hydrazone groups is 1.